The van der Waals surface area contributed by atoms with Gasteiger partial charge in [-0.15, -0.1) is 0 Å². The zero-order valence-corrected chi connectivity index (χ0v) is 12.9. The average Bonchev–Trinajstić information content (AvgIpc) is 2.46. The molecule has 0 spiro atoms. The van der Waals surface area contributed by atoms with Crippen molar-refractivity contribution in [1.29, 1.82) is 0 Å². The lowest BCUT2D eigenvalue weighted by Gasteiger charge is -2.35. The highest BCUT2D eigenvalue weighted by atomic mass is 16.1. The Balaban J connectivity index is 2.01. The van der Waals surface area contributed by atoms with E-state index in [4.69, 9.17) is 5.73 Å². The maximum Gasteiger partial charge on any atom is 0.187 e. The number of carbonyl (C=O) groups is 1. The molecule has 0 saturated heterocycles. The largest absolute Gasteiger partial charge is 0.399 e. The van der Waals surface area contributed by atoms with Gasteiger partial charge in [0, 0.05) is 34.1 Å². The zero-order chi connectivity index (χ0) is 15.7. The van der Waals surface area contributed by atoms with Crippen LogP contribution in [0.15, 0.2) is 54.6 Å². The fourth-order valence-corrected chi connectivity index (χ4v) is 2.91. The third-order valence-corrected chi connectivity index (χ3v) is 3.86. The number of hydrogen-bond donors (Lipinski definition) is 2. The normalized spacial score (nSPS) is 17.6. The molecule has 1 aliphatic heterocycles. The number of hydrogen-bond acceptors (Lipinski definition) is 3. The highest BCUT2D eigenvalue weighted by Crippen LogP contribution is 2.29. The lowest BCUT2D eigenvalue weighted by Crippen LogP contribution is -2.43. The number of ketones is 1. The second-order valence-electron chi connectivity index (χ2n) is 6.39. The number of rotatable bonds is 2. The Morgan fingerprint density at radius 3 is 2.73 bits per heavy atom. The van der Waals surface area contributed by atoms with Crippen LogP contribution in [0, 0.1) is 0 Å². The Kier molecular flexibility index (Phi) is 3.49. The minimum atomic E-state index is -0.0732. The average molecular weight is 292 g/mol. The second kappa shape index (κ2) is 5.34. The molecule has 22 heavy (non-hydrogen) atoms. The van der Waals surface area contributed by atoms with Crippen LogP contribution in [0.4, 0.5) is 5.69 Å². The van der Waals surface area contributed by atoms with E-state index in [-0.39, 0.29) is 11.3 Å². The number of fused-ring (bicyclic) bond motifs is 1. The van der Waals surface area contributed by atoms with Gasteiger partial charge in [0.1, 0.15) is 0 Å². The van der Waals surface area contributed by atoms with E-state index in [9.17, 15) is 4.79 Å². The minimum Gasteiger partial charge on any atom is -0.399 e. The number of carbonyl (C=O) groups excluding carboxylic acids is 1. The van der Waals surface area contributed by atoms with Gasteiger partial charge >= 0.3 is 0 Å². The van der Waals surface area contributed by atoms with Crippen LogP contribution in [0.2, 0.25) is 0 Å². The predicted molar refractivity (Wildman–Crippen MR) is 90.5 cm³/mol. The molecular weight excluding hydrogens is 272 g/mol. The fraction of sp³-hybridized carbons (Fsp3) is 0.211. The van der Waals surface area contributed by atoms with Crippen molar-refractivity contribution in [3.8, 4) is 0 Å². The monoisotopic (exact) mass is 292 g/mol. The van der Waals surface area contributed by atoms with Crippen LogP contribution in [-0.4, -0.2) is 11.3 Å². The first-order chi connectivity index (χ1) is 10.4. The number of benzene rings is 2. The summed E-state index contributed by atoms with van der Waals surface area (Å²) < 4.78 is 0. The molecule has 3 heteroatoms. The third kappa shape index (κ3) is 2.89. The summed E-state index contributed by atoms with van der Waals surface area (Å²) in [7, 11) is 0. The number of allylic oxidation sites excluding steroid dienone is 1. The Labute approximate surface area is 130 Å². The molecule has 0 bridgehead atoms. The van der Waals surface area contributed by atoms with E-state index in [1.54, 1.807) is 30.3 Å². The van der Waals surface area contributed by atoms with Crippen molar-refractivity contribution >= 4 is 17.2 Å². The SMILES string of the molecule is CC1(C)Cc2ccccc2/C(=C/C(=O)c2cccc(N)c2)N1. The predicted octanol–water partition coefficient (Wildman–Crippen LogP) is 3.42. The summed E-state index contributed by atoms with van der Waals surface area (Å²) in [6.07, 6.45) is 2.61. The van der Waals surface area contributed by atoms with Crippen molar-refractivity contribution < 1.29 is 4.79 Å². The quantitative estimate of drug-likeness (QED) is 0.506. The van der Waals surface area contributed by atoms with E-state index in [1.807, 2.05) is 12.1 Å². The molecule has 3 rings (SSSR count). The molecule has 3 N–H and O–H groups in total. The van der Waals surface area contributed by atoms with Gasteiger partial charge in [-0.2, -0.15) is 0 Å². The highest BCUT2D eigenvalue weighted by molar-refractivity contribution is 6.09. The molecule has 0 aromatic heterocycles. The van der Waals surface area contributed by atoms with Gasteiger partial charge in [-0.1, -0.05) is 36.4 Å². The number of nitrogens with two attached hydrogens (primary N) is 1. The maximum absolute atomic E-state index is 12.5. The Morgan fingerprint density at radius 1 is 1.18 bits per heavy atom. The first kappa shape index (κ1) is 14.4. The smallest absolute Gasteiger partial charge is 0.187 e. The van der Waals surface area contributed by atoms with Crippen LogP contribution in [0.25, 0.3) is 5.70 Å². The van der Waals surface area contributed by atoms with Gasteiger partial charge in [0.25, 0.3) is 0 Å². The van der Waals surface area contributed by atoms with Gasteiger partial charge in [-0.05, 0) is 38.0 Å². The van der Waals surface area contributed by atoms with Crippen molar-refractivity contribution in [3.63, 3.8) is 0 Å². The van der Waals surface area contributed by atoms with Gasteiger partial charge in [-0.3, -0.25) is 4.79 Å². The van der Waals surface area contributed by atoms with Crippen molar-refractivity contribution in [3.05, 3.63) is 71.3 Å². The summed E-state index contributed by atoms with van der Waals surface area (Å²) in [6.45, 7) is 4.28. The van der Waals surface area contributed by atoms with E-state index in [1.165, 1.54) is 5.56 Å². The molecule has 1 heterocycles. The Morgan fingerprint density at radius 2 is 1.95 bits per heavy atom. The summed E-state index contributed by atoms with van der Waals surface area (Å²) in [4.78, 5) is 12.5. The molecular formula is C19H20N2O. The van der Waals surface area contributed by atoms with E-state index in [2.05, 4.69) is 31.3 Å². The van der Waals surface area contributed by atoms with Gasteiger partial charge in [0.2, 0.25) is 0 Å². The maximum atomic E-state index is 12.5. The van der Waals surface area contributed by atoms with Crippen molar-refractivity contribution in [2.75, 3.05) is 5.73 Å². The van der Waals surface area contributed by atoms with Gasteiger partial charge in [0.05, 0.1) is 0 Å². The Hall–Kier alpha value is -2.55. The van der Waals surface area contributed by atoms with E-state index < -0.39 is 0 Å². The molecule has 0 atom stereocenters. The van der Waals surface area contributed by atoms with E-state index >= 15 is 0 Å². The van der Waals surface area contributed by atoms with Crippen molar-refractivity contribution in [2.45, 2.75) is 25.8 Å². The van der Waals surface area contributed by atoms with Crippen molar-refractivity contribution in [2.24, 2.45) is 0 Å². The standard InChI is InChI=1S/C19H20N2O/c1-19(2)12-14-6-3-4-9-16(14)17(21-19)11-18(22)13-7-5-8-15(20)10-13/h3-11,21H,12,20H2,1-2H3/b17-11-. The van der Waals surface area contributed by atoms with Gasteiger partial charge < -0.3 is 11.1 Å². The molecule has 1 aliphatic rings. The second-order valence-corrected chi connectivity index (χ2v) is 6.39. The van der Waals surface area contributed by atoms with Gasteiger partial charge in [-0.25, -0.2) is 0 Å². The molecule has 112 valence electrons. The van der Waals surface area contributed by atoms with Crippen LogP contribution in [0.5, 0.6) is 0 Å². The van der Waals surface area contributed by atoms with Crippen LogP contribution in [-0.2, 0) is 6.42 Å². The van der Waals surface area contributed by atoms with E-state index in [0.717, 1.165) is 17.7 Å². The number of nitrogen functional groups attached to an aromatic ring is 1. The van der Waals surface area contributed by atoms with Crippen LogP contribution in [0.1, 0.15) is 35.3 Å². The van der Waals surface area contributed by atoms with E-state index in [0.29, 0.717) is 11.3 Å². The summed E-state index contributed by atoms with van der Waals surface area (Å²) in [5.74, 6) is -0.0395. The molecule has 0 amide bonds. The summed E-state index contributed by atoms with van der Waals surface area (Å²) in [5.41, 5.74) is 10.1. The molecule has 2 aromatic carbocycles. The molecule has 2 aromatic rings. The van der Waals surface area contributed by atoms with Crippen LogP contribution in [0.3, 0.4) is 0 Å². The first-order valence-electron chi connectivity index (χ1n) is 7.43. The first-order valence-corrected chi connectivity index (χ1v) is 7.43. The lowest BCUT2D eigenvalue weighted by molar-refractivity contribution is 0.104. The molecule has 0 fully saturated rings. The molecule has 0 aliphatic carbocycles. The molecule has 3 nitrogen and oxygen atoms in total. The molecule has 0 saturated carbocycles. The highest BCUT2D eigenvalue weighted by Gasteiger charge is 2.27. The minimum absolute atomic E-state index is 0.0395. The summed E-state index contributed by atoms with van der Waals surface area (Å²) in [6, 6.07) is 15.3. The summed E-state index contributed by atoms with van der Waals surface area (Å²) in [5, 5.41) is 3.47. The third-order valence-electron chi connectivity index (χ3n) is 3.86. The van der Waals surface area contributed by atoms with Crippen molar-refractivity contribution in [1.82, 2.24) is 5.32 Å². The fourth-order valence-electron chi connectivity index (χ4n) is 2.91. The number of nitrogens with one attached hydrogen (secondary N) is 1. The topological polar surface area (TPSA) is 55.1 Å². The lowest BCUT2D eigenvalue weighted by atomic mass is 9.85. The van der Waals surface area contributed by atoms with Gasteiger partial charge in [0.15, 0.2) is 5.78 Å². The Bertz CT molecular complexity index is 760. The van der Waals surface area contributed by atoms with Crippen LogP contribution >= 0.6 is 0 Å². The summed E-state index contributed by atoms with van der Waals surface area (Å²) >= 11 is 0. The molecule has 0 radical (unpaired) electrons. The molecule has 0 unspecified atom stereocenters. The number of anilines is 1. The zero-order valence-electron chi connectivity index (χ0n) is 12.9. The van der Waals surface area contributed by atoms with Crippen LogP contribution < -0.4 is 11.1 Å².